The van der Waals surface area contributed by atoms with Gasteiger partial charge in [0.1, 0.15) is 17.9 Å². The number of halogens is 1. The van der Waals surface area contributed by atoms with Gasteiger partial charge in [-0.3, -0.25) is 9.69 Å². The number of β-amino-alcohol motifs (C(OH)–C–C–N with tert-alkyl or cyclic N) is 1. The van der Waals surface area contributed by atoms with Gasteiger partial charge < -0.3 is 29.1 Å². The van der Waals surface area contributed by atoms with Crippen molar-refractivity contribution in [3.8, 4) is 11.5 Å². The van der Waals surface area contributed by atoms with Gasteiger partial charge in [0.05, 0.1) is 42.8 Å². The molecule has 1 spiro atoms. The minimum absolute atomic E-state index is 0.0894. The Morgan fingerprint density at radius 1 is 1.14 bits per heavy atom. The highest BCUT2D eigenvalue weighted by Crippen LogP contribution is 2.45. The molecular formula is C34H47FN6O7S. The van der Waals surface area contributed by atoms with Crippen molar-refractivity contribution in [1.29, 1.82) is 0 Å². The van der Waals surface area contributed by atoms with Crippen LogP contribution < -0.4 is 14.4 Å². The number of rotatable bonds is 11. The summed E-state index contributed by atoms with van der Waals surface area (Å²) in [5.41, 5.74) is 0.237. The largest absolute Gasteiger partial charge is 0.451 e. The monoisotopic (exact) mass is 702 g/mol. The number of nitrogens with one attached hydrogen (secondary N) is 1. The number of aromatic nitrogens is 2. The summed E-state index contributed by atoms with van der Waals surface area (Å²) in [5, 5.41) is 10.9. The van der Waals surface area contributed by atoms with Crippen LogP contribution in [0.15, 0.2) is 30.7 Å². The van der Waals surface area contributed by atoms with Gasteiger partial charge in [0, 0.05) is 43.6 Å². The Hall–Kier alpha value is -2.95. The van der Waals surface area contributed by atoms with Gasteiger partial charge in [-0.15, -0.1) is 0 Å². The second-order valence-corrected chi connectivity index (χ2v) is 16.8. The molecule has 1 aromatic heterocycles. The molecule has 15 heteroatoms. The molecule has 3 atom stereocenters. The first-order valence-electron chi connectivity index (χ1n) is 17.5. The zero-order valence-corrected chi connectivity index (χ0v) is 29.0. The number of piperidine rings is 1. The van der Waals surface area contributed by atoms with Gasteiger partial charge in [0.25, 0.3) is 5.91 Å². The third kappa shape index (κ3) is 7.57. The van der Waals surface area contributed by atoms with Crippen LogP contribution in [-0.2, 0) is 19.5 Å². The molecule has 1 unspecified atom stereocenters. The summed E-state index contributed by atoms with van der Waals surface area (Å²) in [6.07, 6.45) is 7.99. The van der Waals surface area contributed by atoms with Crippen LogP contribution in [-0.4, -0.2) is 121 Å². The first kappa shape index (κ1) is 34.5. The van der Waals surface area contributed by atoms with Crippen molar-refractivity contribution in [3.05, 3.63) is 42.1 Å². The summed E-state index contributed by atoms with van der Waals surface area (Å²) in [4.78, 5) is 28.7. The van der Waals surface area contributed by atoms with Gasteiger partial charge in [-0.1, -0.05) is 0 Å². The predicted octanol–water partition coefficient (Wildman–Crippen LogP) is 2.90. The Bertz CT molecular complexity index is 1610. The zero-order valence-electron chi connectivity index (χ0n) is 28.2. The van der Waals surface area contributed by atoms with E-state index in [9.17, 15) is 22.7 Å². The van der Waals surface area contributed by atoms with E-state index in [4.69, 9.17) is 14.2 Å². The number of nitrogens with zero attached hydrogens (tertiary/aromatic N) is 5. The topological polar surface area (TPSA) is 147 Å². The van der Waals surface area contributed by atoms with Crippen molar-refractivity contribution in [2.75, 3.05) is 57.4 Å². The number of carbonyl (C=O) groups excluding carboxylic acids is 1. The maximum absolute atomic E-state index is 14.5. The van der Waals surface area contributed by atoms with E-state index in [0.717, 1.165) is 45.4 Å². The number of hydrogen-bond acceptors (Lipinski definition) is 11. The first-order chi connectivity index (χ1) is 23.4. The van der Waals surface area contributed by atoms with E-state index in [1.165, 1.54) is 24.5 Å². The van der Waals surface area contributed by atoms with E-state index in [1.54, 1.807) is 11.1 Å². The summed E-state index contributed by atoms with van der Waals surface area (Å²) >= 11 is 0. The van der Waals surface area contributed by atoms with Crippen molar-refractivity contribution in [2.24, 2.45) is 5.41 Å². The summed E-state index contributed by atoms with van der Waals surface area (Å²) < 4.78 is 59.5. The molecule has 1 amide bonds. The van der Waals surface area contributed by atoms with E-state index < -0.39 is 21.6 Å². The van der Waals surface area contributed by atoms with Crippen LogP contribution in [0.25, 0.3) is 0 Å². The number of hydrogen-bond donors (Lipinski definition) is 2. The molecule has 0 radical (unpaired) electrons. The van der Waals surface area contributed by atoms with Crippen LogP contribution in [0.4, 0.5) is 10.2 Å². The lowest BCUT2D eigenvalue weighted by molar-refractivity contribution is -0.239. The molecule has 1 saturated carbocycles. The number of aliphatic hydroxyl groups is 1. The minimum Gasteiger partial charge on any atom is -0.451 e. The van der Waals surface area contributed by atoms with E-state index in [0.29, 0.717) is 57.0 Å². The lowest BCUT2D eigenvalue weighted by Crippen LogP contribution is -2.62. The number of likely N-dealkylation sites (tertiary alicyclic amines) is 1. The Labute approximate surface area is 287 Å². The lowest BCUT2D eigenvalue weighted by Gasteiger charge is -2.55. The van der Waals surface area contributed by atoms with E-state index >= 15 is 0 Å². The molecule has 4 saturated heterocycles. The molecule has 0 bridgehead atoms. The van der Waals surface area contributed by atoms with Crippen LogP contribution in [0.1, 0.15) is 69.2 Å². The summed E-state index contributed by atoms with van der Waals surface area (Å²) in [6.45, 7) is 8.63. The molecule has 4 aliphatic heterocycles. The number of sulfonamides is 1. The predicted molar refractivity (Wildman–Crippen MR) is 178 cm³/mol. The lowest BCUT2D eigenvalue weighted by atomic mass is 9.72. The van der Waals surface area contributed by atoms with Gasteiger partial charge in [0.2, 0.25) is 10.0 Å². The highest BCUT2D eigenvalue weighted by atomic mass is 32.2. The molecule has 2 aromatic rings. The fraction of sp³-hybridized carbons (Fsp3) is 0.676. The van der Waals surface area contributed by atoms with Crippen LogP contribution in [0, 0.1) is 11.2 Å². The van der Waals surface area contributed by atoms with Crippen LogP contribution >= 0.6 is 0 Å². The van der Waals surface area contributed by atoms with Gasteiger partial charge in [0.15, 0.2) is 17.4 Å². The molecule has 268 valence electrons. The second kappa shape index (κ2) is 13.6. The van der Waals surface area contributed by atoms with Crippen molar-refractivity contribution in [1.82, 2.24) is 24.5 Å². The number of carbonyl (C=O) groups is 1. The van der Waals surface area contributed by atoms with Gasteiger partial charge in [-0.2, -0.15) is 0 Å². The van der Waals surface area contributed by atoms with E-state index in [-0.39, 0.29) is 52.6 Å². The number of anilines is 1. The van der Waals surface area contributed by atoms with Gasteiger partial charge >= 0.3 is 0 Å². The molecule has 7 rings (SSSR count). The Morgan fingerprint density at radius 3 is 2.57 bits per heavy atom. The quantitative estimate of drug-likeness (QED) is 0.357. The molecule has 1 aliphatic carbocycles. The Balaban J connectivity index is 0.949. The Morgan fingerprint density at radius 2 is 1.92 bits per heavy atom. The molecule has 49 heavy (non-hydrogen) atoms. The van der Waals surface area contributed by atoms with Crippen LogP contribution in [0.2, 0.25) is 0 Å². The fourth-order valence-corrected chi connectivity index (χ4v) is 9.30. The fourth-order valence-electron chi connectivity index (χ4n) is 7.70. The zero-order chi connectivity index (χ0) is 34.4. The standard InChI is InChI=1S/C34H47FN6O7S/c1-23(2)41(26-8-14-46-18-26)32(42)28-15-24(35)3-6-29(28)48-30-16-36-22-37-31(30)40-19-33(20-40)10-12-39(13-11-33)21-34(43)9-7-25(17-47-34)38-49(44,45)27-4-5-27/h3,6,15-16,22-23,25-27,38,43H,4-5,7-14,17-21H2,1-2H3/t25-,26?,34-/m1/s1. The molecule has 5 aliphatic rings. The maximum Gasteiger partial charge on any atom is 0.258 e. The molecule has 13 nitrogen and oxygen atoms in total. The highest BCUT2D eigenvalue weighted by molar-refractivity contribution is 7.90. The molecule has 2 N–H and O–H groups in total. The minimum atomic E-state index is -3.29. The summed E-state index contributed by atoms with van der Waals surface area (Å²) in [5.74, 6) is -0.870. The maximum atomic E-state index is 14.5. The summed E-state index contributed by atoms with van der Waals surface area (Å²) in [7, 11) is -3.29. The highest BCUT2D eigenvalue weighted by Gasteiger charge is 2.48. The smallest absolute Gasteiger partial charge is 0.258 e. The van der Waals surface area contributed by atoms with Gasteiger partial charge in [-0.05, 0) is 83.7 Å². The molecule has 5 fully saturated rings. The van der Waals surface area contributed by atoms with Crippen molar-refractivity contribution >= 4 is 21.7 Å². The number of benzene rings is 1. The summed E-state index contributed by atoms with van der Waals surface area (Å²) in [6, 6.07) is 3.48. The van der Waals surface area contributed by atoms with E-state index in [1.807, 2.05) is 13.8 Å². The third-order valence-corrected chi connectivity index (χ3v) is 12.6. The van der Waals surface area contributed by atoms with E-state index in [2.05, 4.69) is 24.5 Å². The first-order valence-corrected chi connectivity index (χ1v) is 19.0. The molecule has 1 aromatic carbocycles. The normalized spacial score (nSPS) is 27.3. The average molecular weight is 703 g/mol. The SMILES string of the molecule is CC(C)N(C(=O)c1cc(F)ccc1Oc1cncnc1N1CC2(CCN(C[C@@]3(O)CC[C@@H](NS(=O)(=O)C4CC4)CO3)CC2)C1)C1CCOC1. The number of amides is 1. The Kier molecular flexibility index (Phi) is 9.60. The average Bonchev–Trinajstić information content (AvgIpc) is 3.80. The third-order valence-electron chi connectivity index (χ3n) is 10.6. The van der Waals surface area contributed by atoms with Crippen molar-refractivity contribution in [2.45, 2.75) is 88.0 Å². The van der Waals surface area contributed by atoms with Crippen molar-refractivity contribution < 1.29 is 36.9 Å². The molecular weight excluding hydrogens is 655 g/mol. The number of ether oxygens (including phenoxy) is 3. The van der Waals surface area contributed by atoms with Crippen LogP contribution in [0.5, 0.6) is 11.5 Å². The van der Waals surface area contributed by atoms with Crippen LogP contribution in [0.3, 0.4) is 0 Å². The second-order valence-electron chi connectivity index (χ2n) is 14.8. The van der Waals surface area contributed by atoms with Crippen molar-refractivity contribution in [3.63, 3.8) is 0 Å². The van der Waals surface area contributed by atoms with Gasteiger partial charge in [-0.25, -0.2) is 27.5 Å². The molecule has 5 heterocycles.